The molecule has 3 heterocycles. The van der Waals surface area contributed by atoms with Gasteiger partial charge in [0.1, 0.15) is 11.6 Å². The molecule has 2 aromatic heterocycles. The molecule has 0 N–H and O–H groups in total. The highest BCUT2D eigenvalue weighted by Gasteiger charge is 2.20. The number of nitrogens with zero attached hydrogens (tertiary/aromatic N) is 4. The first-order valence-electron chi connectivity index (χ1n) is 9.06. The van der Waals surface area contributed by atoms with Gasteiger partial charge in [0.05, 0.1) is 31.6 Å². The molecule has 1 aromatic carbocycles. The van der Waals surface area contributed by atoms with Crippen molar-refractivity contribution in [2.24, 2.45) is 0 Å². The number of benzene rings is 1. The standard InChI is InChI=1S/C20H21FN4O3/c1-12-8-17(21)16(20(26)27-3)10-15(12)14-9-18(24-4-6-28-7-5-24)19-22-13(2)23-25(19)11-14/h8-11H,4-7H2,1-3H3. The maximum atomic E-state index is 14.3. The minimum atomic E-state index is -0.704. The highest BCUT2D eigenvalue weighted by Crippen LogP contribution is 2.32. The van der Waals surface area contributed by atoms with Crippen molar-refractivity contribution >= 4 is 17.3 Å². The lowest BCUT2D eigenvalue weighted by molar-refractivity contribution is 0.0595. The predicted molar refractivity (Wildman–Crippen MR) is 102 cm³/mol. The molecule has 8 heteroatoms. The van der Waals surface area contributed by atoms with E-state index in [4.69, 9.17) is 9.47 Å². The summed E-state index contributed by atoms with van der Waals surface area (Å²) >= 11 is 0. The summed E-state index contributed by atoms with van der Waals surface area (Å²) < 4.78 is 26.2. The van der Waals surface area contributed by atoms with Crippen molar-refractivity contribution in [2.75, 3.05) is 38.3 Å². The van der Waals surface area contributed by atoms with Crippen LogP contribution in [-0.2, 0) is 9.47 Å². The number of anilines is 1. The van der Waals surface area contributed by atoms with E-state index in [0.29, 0.717) is 24.6 Å². The number of morpholine rings is 1. The van der Waals surface area contributed by atoms with Crippen LogP contribution in [0.15, 0.2) is 24.4 Å². The maximum Gasteiger partial charge on any atom is 0.340 e. The number of carbonyl (C=O) groups is 1. The molecule has 1 aliphatic heterocycles. The second kappa shape index (κ2) is 7.20. The molecule has 0 unspecified atom stereocenters. The number of hydrogen-bond acceptors (Lipinski definition) is 6. The third-order valence-corrected chi connectivity index (χ3v) is 4.90. The average Bonchev–Trinajstić information content (AvgIpc) is 3.07. The molecule has 0 spiro atoms. The Morgan fingerprint density at radius 1 is 1.21 bits per heavy atom. The van der Waals surface area contributed by atoms with Crippen molar-refractivity contribution in [1.29, 1.82) is 0 Å². The van der Waals surface area contributed by atoms with Gasteiger partial charge in [0.15, 0.2) is 5.65 Å². The molecule has 1 aliphatic rings. The first kappa shape index (κ1) is 18.4. The topological polar surface area (TPSA) is 69.0 Å². The van der Waals surface area contributed by atoms with E-state index < -0.39 is 11.8 Å². The van der Waals surface area contributed by atoms with Crippen LogP contribution in [0, 0.1) is 19.7 Å². The summed E-state index contributed by atoms with van der Waals surface area (Å²) in [5.41, 5.74) is 3.88. The number of esters is 1. The van der Waals surface area contributed by atoms with E-state index in [2.05, 4.69) is 15.0 Å². The average molecular weight is 384 g/mol. The molecule has 3 aromatic rings. The SMILES string of the molecule is COC(=O)c1cc(-c2cc(N3CCOCC3)c3nc(C)nn3c2)c(C)cc1F. The summed E-state index contributed by atoms with van der Waals surface area (Å²) in [4.78, 5) is 18.7. The van der Waals surface area contributed by atoms with E-state index in [0.717, 1.165) is 35.6 Å². The van der Waals surface area contributed by atoms with Crippen LogP contribution in [0.1, 0.15) is 21.7 Å². The number of fused-ring (bicyclic) bond motifs is 1. The summed E-state index contributed by atoms with van der Waals surface area (Å²) in [6, 6.07) is 4.90. The molecule has 0 atom stereocenters. The van der Waals surface area contributed by atoms with Crippen LogP contribution < -0.4 is 4.90 Å². The number of ether oxygens (including phenoxy) is 2. The summed E-state index contributed by atoms with van der Waals surface area (Å²) in [5.74, 6) is -0.637. The third-order valence-electron chi connectivity index (χ3n) is 4.90. The Kier molecular flexibility index (Phi) is 4.72. The highest BCUT2D eigenvalue weighted by atomic mass is 19.1. The van der Waals surface area contributed by atoms with Gasteiger partial charge in [0.25, 0.3) is 0 Å². The molecular formula is C20H21FN4O3. The number of pyridine rings is 1. The fourth-order valence-corrected chi connectivity index (χ4v) is 3.51. The van der Waals surface area contributed by atoms with Crippen molar-refractivity contribution < 1.29 is 18.7 Å². The number of rotatable bonds is 3. The van der Waals surface area contributed by atoms with Crippen LogP contribution in [-0.4, -0.2) is 54.0 Å². The van der Waals surface area contributed by atoms with E-state index in [-0.39, 0.29) is 5.56 Å². The van der Waals surface area contributed by atoms with E-state index in [9.17, 15) is 9.18 Å². The minimum absolute atomic E-state index is 0.0918. The number of methoxy groups -OCH3 is 1. The van der Waals surface area contributed by atoms with Gasteiger partial charge in [0, 0.05) is 24.8 Å². The number of hydrogen-bond donors (Lipinski definition) is 0. The van der Waals surface area contributed by atoms with Gasteiger partial charge in [-0.15, -0.1) is 0 Å². The Morgan fingerprint density at radius 2 is 1.96 bits per heavy atom. The first-order chi connectivity index (χ1) is 13.5. The second-order valence-corrected chi connectivity index (χ2v) is 6.78. The van der Waals surface area contributed by atoms with E-state index in [1.165, 1.54) is 19.2 Å². The van der Waals surface area contributed by atoms with Crippen LogP contribution in [0.5, 0.6) is 0 Å². The molecule has 0 bridgehead atoms. The van der Waals surface area contributed by atoms with E-state index >= 15 is 0 Å². The zero-order valence-corrected chi connectivity index (χ0v) is 16.0. The summed E-state index contributed by atoms with van der Waals surface area (Å²) in [6.45, 7) is 6.44. The van der Waals surface area contributed by atoms with E-state index in [1.807, 2.05) is 26.1 Å². The van der Waals surface area contributed by atoms with Gasteiger partial charge >= 0.3 is 5.97 Å². The zero-order chi connectivity index (χ0) is 19.8. The van der Waals surface area contributed by atoms with Crippen molar-refractivity contribution in [1.82, 2.24) is 14.6 Å². The van der Waals surface area contributed by atoms with Gasteiger partial charge < -0.3 is 14.4 Å². The lowest BCUT2D eigenvalue weighted by Crippen LogP contribution is -2.36. The molecule has 0 aliphatic carbocycles. The Labute approximate surface area is 161 Å². The van der Waals surface area contributed by atoms with Crippen molar-refractivity contribution in [3.63, 3.8) is 0 Å². The molecule has 0 saturated carbocycles. The lowest BCUT2D eigenvalue weighted by atomic mass is 9.98. The molecule has 1 fully saturated rings. The van der Waals surface area contributed by atoms with Crippen molar-refractivity contribution in [3.8, 4) is 11.1 Å². The quantitative estimate of drug-likeness (QED) is 0.647. The molecule has 28 heavy (non-hydrogen) atoms. The van der Waals surface area contributed by atoms with Gasteiger partial charge in [0.2, 0.25) is 0 Å². The van der Waals surface area contributed by atoms with Crippen LogP contribution in [0.4, 0.5) is 10.1 Å². The second-order valence-electron chi connectivity index (χ2n) is 6.78. The van der Waals surface area contributed by atoms with E-state index in [1.54, 1.807) is 4.52 Å². The lowest BCUT2D eigenvalue weighted by Gasteiger charge is -2.29. The first-order valence-corrected chi connectivity index (χ1v) is 9.06. The monoisotopic (exact) mass is 384 g/mol. The van der Waals surface area contributed by atoms with Gasteiger partial charge in [-0.05, 0) is 43.2 Å². The summed E-state index contributed by atoms with van der Waals surface area (Å²) in [5, 5.41) is 4.46. The molecule has 146 valence electrons. The highest BCUT2D eigenvalue weighted by molar-refractivity contribution is 5.92. The molecule has 7 nitrogen and oxygen atoms in total. The molecule has 0 radical (unpaired) electrons. The fraction of sp³-hybridized carbons (Fsp3) is 0.350. The molecule has 4 rings (SSSR count). The molecule has 1 saturated heterocycles. The zero-order valence-electron chi connectivity index (χ0n) is 16.0. The normalized spacial score (nSPS) is 14.5. The van der Waals surface area contributed by atoms with Gasteiger partial charge in [-0.1, -0.05) is 0 Å². The summed E-state index contributed by atoms with van der Waals surface area (Å²) in [7, 11) is 1.24. The van der Waals surface area contributed by atoms with Crippen LogP contribution in [0.3, 0.4) is 0 Å². The number of aryl methyl sites for hydroxylation is 2. The smallest absolute Gasteiger partial charge is 0.340 e. The van der Waals surface area contributed by atoms with Crippen LogP contribution in [0.2, 0.25) is 0 Å². The fourth-order valence-electron chi connectivity index (χ4n) is 3.51. The third kappa shape index (κ3) is 3.20. The molecular weight excluding hydrogens is 363 g/mol. The minimum Gasteiger partial charge on any atom is -0.465 e. The summed E-state index contributed by atoms with van der Waals surface area (Å²) in [6.07, 6.45) is 1.85. The van der Waals surface area contributed by atoms with Gasteiger partial charge in [-0.2, -0.15) is 5.10 Å². The Hall–Kier alpha value is -3.00. The van der Waals surface area contributed by atoms with Gasteiger partial charge in [-0.3, -0.25) is 0 Å². The Bertz CT molecular complexity index is 1060. The van der Waals surface area contributed by atoms with Crippen molar-refractivity contribution in [2.45, 2.75) is 13.8 Å². The number of halogens is 1. The number of aromatic nitrogens is 3. The Balaban J connectivity index is 1.91. The van der Waals surface area contributed by atoms with Crippen LogP contribution in [0.25, 0.3) is 16.8 Å². The number of carbonyl (C=O) groups excluding carboxylic acids is 1. The maximum absolute atomic E-state index is 14.3. The Morgan fingerprint density at radius 3 is 2.68 bits per heavy atom. The van der Waals surface area contributed by atoms with Crippen LogP contribution >= 0.6 is 0 Å². The molecule has 0 amide bonds. The predicted octanol–water partition coefficient (Wildman–Crippen LogP) is 2.78. The van der Waals surface area contributed by atoms with Gasteiger partial charge in [-0.25, -0.2) is 18.7 Å². The largest absolute Gasteiger partial charge is 0.465 e. The van der Waals surface area contributed by atoms with Crippen molar-refractivity contribution in [3.05, 3.63) is 47.2 Å².